The number of unbranched alkanes of at least 4 members (excludes halogenated alkanes) is 1. The second kappa shape index (κ2) is 5.10. The molecule has 0 aliphatic carbocycles. The van der Waals surface area contributed by atoms with Crippen molar-refractivity contribution in [2.24, 2.45) is 0 Å². The first-order valence-corrected chi connectivity index (χ1v) is 2.63. The summed E-state index contributed by atoms with van der Waals surface area (Å²) >= 11 is 0. The maximum Gasteiger partial charge on any atom is 0.306 e. The minimum Gasteiger partial charge on any atom is -0.466 e. The first kappa shape index (κ1) is 7.96. The van der Waals surface area contributed by atoms with E-state index in [9.17, 15) is 4.79 Å². The van der Waals surface area contributed by atoms with Gasteiger partial charge in [-0.25, -0.2) is 0 Å². The average molecular weight is 126 g/mol. The van der Waals surface area contributed by atoms with Crippen LogP contribution in [0.4, 0.5) is 0 Å². The van der Waals surface area contributed by atoms with Crippen LogP contribution in [0.15, 0.2) is 0 Å². The van der Waals surface area contributed by atoms with Crippen molar-refractivity contribution in [1.29, 1.82) is 5.26 Å². The van der Waals surface area contributed by atoms with Gasteiger partial charge in [0.2, 0.25) is 0 Å². The number of hydrogen-bond donors (Lipinski definition) is 0. The normalized spacial score (nSPS) is 8.00. The molecule has 3 nitrogen and oxygen atoms in total. The summed E-state index contributed by atoms with van der Waals surface area (Å²) in [5.41, 5.74) is 0. The van der Waals surface area contributed by atoms with E-state index < -0.39 is 5.97 Å². The molecule has 0 N–H and O–H groups in total. The van der Waals surface area contributed by atoms with Crippen molar-refractivity contribution in [2.45, 2.75) is 12.8 Å². The van der Waals surface area contributed by atoms with Crippen LogP contribution in [0.3, 0.4) is 0 Å². The van der Waals surface area contributed by atoms with Crippen molar-refractivity contribution in [3.8, 4) is 6.07 Å². The van der Waals surface area contributed by atoms with Gasteiger partial charge in [0.1, 0.15) is 0 Å². The van der Waals surface area contributed by atoms with Crippen LogP contribution in [-0.2, 0) is 9.53 Å². The fraction of sp³-hybridized carbons (Fsp3) is 0.500. The summed E-state index contributed by atoms with van der Waals surface area (Å²) in [6.45, 7) is 3.29. The second-order valence-corrected chi connectivity index (χ2v) is 1.48. The van der Waals surface area contributed by atoms with Crippen LogP contribution in [0.1, 0.15) is 12.8 Å². The molecule has 1 radical (unpaired) electrons. The Morgan fingerprint density at radius 2 is 2.44 bits per heavy atom. The number of rotatable bonds is 3. The molecule has 0 unspecified atom stereocenters. The van der Waals surface area contributed by atoms with Gasteiger partial charge in [0.15, 0.2) is 0 Å². The molecule has 0 aliphatic heterocycles. The van der Waals surface area contributed by atoms with E-state index in [-0.39, 0.29) is 0 Å². The van der Waals surface area contributed by atoms with Gasteiger partial charge < -0.3 is 4.74 Å². The molecule has 0 spiro atoms. The molecule has 0 saturated carbocycles. The highest BCUT2D eigenvalue weighted by Crippen LogP contribution is 1.86. The number of carbonyl (C=O) groups is 1. The highest BCUT2D eigenvalue weighted by atomic mass is 16.5. The Kier molecular flexibility index (Phi) is 4.51. The lowest BCUT2D eigenvalue weighted by molar-refractivity contribution is -0.138. The fourth-order valence-corrected chi connectivity index (χ4v) is 0.337. The first-order valence-electron chi connectivity index (χ1n) is 2.63. The Balaban J connectivity index is 2.94. The van der Waals surface area contributed by atoms with E-state index >= 15 is 0 Å². The fourth-order valence-electron chi connectivity index (χ4n) is 0.337. The molecule has 0 rings (SSSR count). The molecule has 0 heterocycles. The maximum atomic E-state index is 9.99. The van der Waals surface area contributed by atoms with E-state index in [0.29, 0.717) is 19.4 Å². The third-order valence-electron chi connectivity index (χ3n) is 0.696. The number of ether oxygens (including phenoxy) is 1. The summed E-state index contributed by atoms with van der Waals surface area (Å²) in [4.78, 5) is 9.99. The zero-order valence-electron chi connectivity index (χ0n) is 5.09. The Labute approximate surface area is 54.2 Å². The predicted octanol–water partition coefficient (Wildman–Crippen LogP) is 0.667. The van der Waals surface area contributed by atoms with Gasteiger partial charge in [0, 0.05) is 6.42 Å². The summed E-state index contributed by atoms with van der Waals surface area (Å²) in [7, 11) is 0. The second-order valence-electron chi connectivity index (χ2n) is 1.48. The van der Waals surface area contributed by atoms with Crippen LogP contribution in [0, 0.1) is 18.3 Å². The number of nitriles is 1. The number of nitrogens with zero attached hydrogens (tertiary/aromatic N) is 1. The van der Waals surface area contributed by atoms with Crippen molar-refractivity contribution < 1.29 is 9.53 Å². The molecule has 0 aromatic heterocycles. The summed E-state index contributed by atoms with van der Waals surface area (Å²) < 4.78 is 4.44. The van der Waals surface area contributed by atoms with Gasteiger partial charge in [0.25, 0.3) is 0 Å². The Hall–Kier alpha value is -1.04. The van der Waals surface area contributed by atoms with Crippen LogP contribution in [-0.4, -0.2) is 12.6 Å². The summed E-state index contributed by atoms with van der Waals surface area (Å²) in [6.07, 6.45) is 1.02. The molecule has 49 valence electrons. The Morgan fingerprint density at radius 1 is 1.78 bits per heavy atom. The van der Waals surface area contributed by atoms with Gasteiger partial charge in [-0.3, -0.25) is 4.79 Å². The molecule has 0 bridgehead atoms. The van der Waals surface area contributed by atoms with E-state index in [1.807, 2.05) is 6.07 Å². The van der Waals surface area contributed by atoms with Crippen LogP contribution >= 0.6 is 0 Å². The molecule has 3 heteroatoms. The van der Waals surface area contributed by atoms with Crippen molar-refractivity contribution in [1.82, 2.24) is 0 Å². The topological polar surface area (TPSA) is 50.1 Å². The summed E-state index contributed by atoms with van der Waals surface area (Å²) in [5.74, 6) is -0.534. The van der Waals surface area contributed by atoms with Crippen LogP contribution in [0.2, 0.25) is 0 Å². The van der Waals surface area contributed by atoms with Gasteiger partial charge >= 0.3 is 5.97 Å². The lowest BCUT2D eigenvalue weighted by atomic mass is 10.3. The monoisotopic (exact) mass is 126 g/mol. The zero-order valence-corrected chi connectivity index (χ0v) is 5.09. The van der Waals surface area contributed by atoms with Gasteiger partial charge in [-0.15, -0.1) is 0 Å². The summed E-state index contributed by atoms with van der Waals surface area (Å²) in [6, 6.07) is 1.93. The van der Waals surface area contributed by atoms with E-state index in [2.05, 4.69) is 11.7 Å². The van der Waals surface area contributed by atoms with Crippen LogP contribution in [0.25, 0.3) is 0 Å². The molecule has 0 aromatic carbocycles. The molecule has 0 amide bonds. The van der Waals surface area contributed by atoms with E-state index in [1.54, 1.807) is 0 Å². The minimum atomic E-state index is -0.534. The lowest BCUT2D eigenvalue weighted by Gasteiger charge is -1.95. The molecule has 0 aromatic rings. The van der Waals surface area contributed by atoms with E-state index in [4.69, 9.17) is 5.26 Å². The van der Waals surface area contributed by atoms with E-state index in [0.717, 1.165) is 0 Å². The largest absolute Gasteiger partial charge is 0.466 e. The molecular weight excluding hydrogens is 118 g/mol. The van der Waals surface area contributed by atoms with Gasteiger partial charge in [-0.2, -0.15) is 5.26 Å². The highest BCUT2D eigenvalue weighted by molar-refractivity contribution is 5.73. The minimum absolute atomic E-state index is 0.301. The third kappa shape index (κ3) is 6.96. The van der Waals surface area contributed by atoms with Crippen molar-refractivity contribution >= 4 is 5.97 Å². The molecule has 0 fully saturated rings. The number of carbonyl (C=O) groups excluding carboxylic acids is 1. The third-order valence-corrected chi connectivity index (χ3v) is 0.696. The van der Waals surface area contributed by atoms with Crippen LogP contribution in [0.5, 0.6) is 0 Å². The van der Waals surface area contributed by atoms with Gasteiger partial charge in [-0.05, 0) is 6.42 Å². The molecule has 9 heavy (non-hydrogen) atoms. The number of hydrogen-bond acceptors (Lipinski definition) is 3. The lowest BCUT2D eigenvalue weighted by Crippen LogP contribution is -1.99. The van der Waals surface area contributed by atoms with Crippen LogP contribution < -0.4 is 0 Å². The van der Waals surface area contributed by atoms with Gasteiger partial charge in [-0.1, -0.05) is 0 Å². The van der Waals surface area contributed by atoms with Crippen molar-refractivity contribution in [2.75, 3.05) is 6.61 Å². The molecule has 0 saturated heterocycles. The Bertz CT molecular complexity index is 126. The standard InChI is InChI=1S/C6H8NO2/c1-6(8)9-5-3-2-4-7/h1-3,5H2. The smallest absolute Gasteiger partial charge is 0.306 e. The van der Waals surface area contributed by atoms with E-state index in [1.165, 1.54) is 0 Å². The molecular formula is C6H8NO2. The summed E-state index contributed by atoms with van der Waals surface area (Å²) in [5, 5.41) is 8.03. The molecule has 0 aliphatic rings. The zero-order chi connectivity index (χ0) is 7.11. The van der Waals surface area contributed by atoms with Gasteiger partial charge in [0.05, 0.1) is 19.6 Å². The van der Waals surface area contributed by atoms with Crippen molar-refractivity contribution in [3.05, 3.63) is 6.92 Å². The highest BCUT2D eigenvalue weighted by Gasteiger charge is 1.90. The quantitative estimate of drug-likeness (QED) is 0.412. The SMILES string of the molecule is [CH2]C(=O)OCCCC#N. The maximum absolute atomic E-state index is 9.99. The average Bonchev–Trinajstić information content (AvgIpc) is 1.80. The Morgan fingerprint density at radius 3 is 2.89 bits per heavy atom. The first-order chi connectivity index (χ1) is 4.27. The predicted molar refractivity (Wildman–Crippen MR) is 31.2 cm³/mol. The van der Waals surface area contributed by atoms with Crippen molar-refractivity contribution in [3.63, 3.8) is 0 Å². The molecule has 0 atom stereocenters. The number of esters is 1.